The van der Waals surface area contributed by atoms with E-state index in [2.05, 4.69) is 43.3 Å². The standard InChI is InChI=1S/C55H70N8O12S/c1-38(2)76(69,70)47-12-5-4-8-41(47)35-49-57-37-56-48(58-49)34-40-13-14-43(36-46(40)71-3)60-20-17-42(18-21-60)61-22-24-62(25-23-61)51(65)19-27-73-29-31-75-33-32-74-30-28-72-26-7-10-39-9-6-11-44-52(39)55(68)63(54(44)67)45-15-16-50(64)59-53(45)66/h4-6,8-9,11-14,36-38,42,45H,7,10,15-35H2,1-3H3,(H,59,64,66). The number of piperazine rings is 1. The first kappa shape index (κ1) is 56.0. The maximum atomic E-state index is 13.3. The number of aryl methyl sites for hydroxylation is 1. The lowest BCUT2D eigenvalue weighted by molar-refractivity contribution is -0.136. The molecule has 8 rings (SSSR count). The number of piperidine rings is 2. The molecule has 0 spiro atoms. The number of carbonyl (C=O) groups is 5. The summed E-state index contributed by atoms with van der Waals surface area (Å²) in [6, 6.07) is 17.9. The molecule has 0 saturated carbocycles. The van der Waals surface area contributed by atoms with Crippen LogP contribution in [0.5, 0.6) is 5.75 Å². The third-order valence-corrected chi connectivity index (χ3v) is 16.7. The minimum atomic E-state index is -3.47. The molecule has 3 fully saturated rings. The molecule has 1 N–H and O–H groups in total. The predicted molar refractivity (Wildman–Crippen MR) is 280 cm³/mol. The lowest BCUT2D eigenvalue weighted by atomic mass is 9.99. The lowest BCUT2D eigenvalue weighted by Crippen LogP contribution is -2.54. The average molecular weight is 1070 g/mol. The molecule has 408 valence electrons. The van der Waals surface area contributed by atoms with Crippen molar-refractivity contribution in [3.05, 3.63) is 106 Å². The molecule has 21 heteroatoms. The number of imide groups is 2. The topological polar surface area (TPSA) is 229 Å². The summed E-state index contributed by atoms with van der Waals surface area (Å²) in [5.41, 5.74) is 4.00. The Morgan fingerprint density at radius 1 is 0.724 bits per heavy atom. The van der Waals surface area contributed by atoms with E-state index in [4.69, 9.17) is 28.7 Å². The summed E-state index contributed by atoms with van der Waals surface area (Å²) >= 11 is 0. The highest BCUT2D eigenvalue weighted by atomic mass is 32.2. The van der Waals surface area contributed by atoms with Gasteiger partial charge in [0.15, 0.2) is 9.84 Å². The summed E-state index contributed by atoms with van der Waals surface area (Å²) in [6.07, 6.45) is 5.88. The highest BCUT2D eigenvalue weighted by Gasteiger charge is 2.45. The van der Waals surface area contributed by atoms with Gasteiger partial charge in [-0.25, -0.2) is 23.4 Å². The minimum absolute atomic E-state index is 0.0708. The lowest BCUT2D eigenvalue weighted by Gasteiger charge is -2.43. The van der Waals surface area contributed by atoms with Gasteiger partial charge in [0.25, 0.3) is 11.8 Å². The second kappa shape index (κ2) is 26.7. The van der Waals surface area contributed by atoms with Crippen molar-refractivity contribution in [2.24, 2.45) is 0 Å². The largest absolute Gasteiger partial charge is 0.496 e. The molecular weight excluding hydrogens is 997 g/mol. The fraction of sp³-hybridized carbons (Fsp3) is 0.527. The number of fused-ring (bicyclic) bond motifs is 1. The number of nitrogens with zero attached hydrogens (tertiary/aromatic N) is 7. The average Bonchev–Trinajstić information content (AvgIpc) is 3.68. The van der Waals surface area contributed by atoms with Crippen molar-refractivity contribution in [3.8, 4) is 5.75 Å². The van der Waals surface area contributed by atoms with E-state index < -0.39 is 44.8 Å². The maximum Gasteiger partial charge on any atom is 0.262 e. The van der Waals surface area contributed by atoms with E-state index in [1.54, 1.807) is 57.4 Å². The number of benzene rings is 3. The molecule has 4 aliphatic heterocycles. The Morgan fingerprint density at radius 2 is 1.37 bits per heavy atom. The number of hydrogen-bond donors (Lipinski definition) is 1. The first-order chi connectivity index (χ1) is 36.8. The van der Waals surface area contributed by atoms with Gasteiger partial charge in [0, 0.05) is 88.5 Å². The summed E-state index contributed by atoms with van der Waals surface area (Å²) in [5, 5.41) is 1.68. The van der Waals surface area contributed by atoms with Crippen LogP contribution in [0.2, 0.25) is 0 Å². The van der Waals surface area contributed by atoms with Crippen LogP contribution in [0.3, 0.4) is 0 Å². The van der Waals surface area contributed by atoms with E-state index >= 15 is 0 Å². The van der Waals surface area contributed by atoms with Crippen molar-refractivity contribution < 1.29 is 56.1 Å². The van der Waals surface area contributed by atoms with Crippen LogP contribution in [0.1, 0.15) is 101 Å². The number of ether oxygens (including phenoxy) is 5. The zero-order valence-corrected chi connectivity index (χ0v) is 44.6. The van der Waals surface area contributed by atoms with Gasteiger partial charge < -0.3 is 33.5 Å². The fourth-order valence-corrected chi connectivity index (χ4v) is 11.5. The van der Waals surface area contributed by atoms with E-state index in [0.717, 1.165) is 60.9 Å². The quantitative estimate of drug-likeness (QED) is 0.0696. The molecule has 0 radical (unpaired) electrons. The van der Waals surface area contributed by atoms with Gasteiger partial charge in [-0.3, -0.25) is 39.1 Å². The molecule has 0 aliphatic carbocycles. The Kier molecular flexibility index (Phi) is 19.7. The van der Waals surface area contributed by atoms with Gasteiger partial charge in [0.05, 0.1) is 81.1 Å². The molecule has 3 saturated heterocycles. The van der Waals surface area contributed by atoms with Gasteiger partial charge in [0.2, 0.25) is 17.7 Å². The summed E-state index contributed by atoms with van der Waals surface area (Å²) in [5.74, 6) is -0.134. The van der Waals surface area contributed by atoms with Crippen LogP contribution < -0.4 is 15.0 Å². The van der Waals surface area contributed by atoms with E-state index in [1.165, 1.54) is 6.33 Å². The van der Waals surface area contributed by atoms with Crippen LogP contribution in [0.15, 0.2) is 71.9 Å². The zero-order chi connectivity index (χ0) is 53.6. The van der Waals surface area contributed by atoms with Crippen molar-refractivity contribution in [3.63, 3.8) is 0 Å². The molecule has 5 heterocycles. The van der Waals surface area contributed by atoms with Crippen LogP contribution in [0.25, 0.3) is 0 Å². The monoisotopic (exact) mass is 1070 g/mol. The van der Waals surface area contributed by atoms with Gasteiger partial charge in [-0.1, -0.05) is 36.4 Å². The van der Waals surface area contributed by atoms with E-state index in [0.29, 0.717) is 131 Å². The molecule has 1 atom stereocenters. The molecule has 4 aliphatic rings. The van der Waals surface area contributed by atoms with Gasteiger partial charge in [-0.15, -0.1) is 0 Å². The number of sulfone groups is 1. The zero-order valence-electron chi connectivity index (χ0n) is 43.8. The smallest absolute Gasteiger partial charge is 0.262 e. The number of aromatic nitrogens is 3. The molecule has 4 aromatic rings. The van der Waals surface area contributed by atoms with Gasteiger partial charge >= 0.3 is 0 Å². The number of anilines is 1. The van der Waals surface area contributed by atoms with Crippen molar-refractivity contribution in [1.82, 2.24) is 35.0 Å². The van der Waals surface area contributed by atoms with Crippen LogP contribution in [-0.2, 0) is 62.4 Å². The summed E-state index contributed by atoms with van der Waals surface area (Å²) in [4.78, 5) is 85.0. The Balaban J connectivity index is 0.643. The molecule has 1 unspecified atom stereocenters. The SMILES string of the molecule is COc1cc(N2CCC(N3CCN(C(=O)CCOCCOCCOCCOCCCc4cccc5c4C(=O)N(C4CCC(=O)NC4=O)C5=O)CC3)CC2)ccc1Cc1ncnc(Cc2ccccc2S(=O)(=O)C(C)C)n1. The van der Waals surface area contributed by atoms with Crippen LogP contribution in [0, 0.1) is 0 Å². The Labute approximate surface area is 444 Å². The molecule has 20 nitrogen and oxygen atoms in total. The maximum absolute atomic E-state index is 13.3. The van der Waals surface area contributed by atoms with Gasteiger partial charge in [-0.05, 0) is 75.3 Å². The summed E-state index contributed by atoms with van der Waals surface area (Å²) in [6.45, 7) is 11.4. The first-order valence-corrected chi connectivity index (χ1v) is 27.9. The van der Waals surface area contributed by atoms with Gasteiger partial charge in [0.1, 0.15) is 29.8 Å². The summed E-state index contributed by atoms with van der Waals surface area (Å²) in [7, 11) is -1.80. The number of hydrogen-bond acceptors (Lipinski definition) is 17. The molecule has 0 bridgehead atoms. The number of amides is 5. The number of methoxy groups -OCH3 is 1. The highest BCUT2D eigenvalue weighted by molar-refractivity contribution is 7.92. The Hall–Kier alpha value is -6.23. The van der Waals surface area contributed by atoms with Crippen LogP contribution in [-0.4, -0.2) is 184 Å². The minimum Gasteiger partial charge on any atom is -0.496 e. The fourth-order valence-electron chi connectivity index (χ4n) is 10.2. The van der Waals surface area contributed by atoms with Crippen molar-refractivity contribution >= 4 is 45.1 Å². The molecule has 1 aromatic heterocycles. The summed E-state index contributed by atoms with van der Waals surface area (Å²) < 4.78 is 54.5. The van der Waals surface area contributed by atoms with E-state index in [9.17, 15) is 32.4 Å². The Morgan fingerprint density at radius 3 is 2.04 bits per heavy atom. The normalized spacial score (nSPS) is 17.7. The Bertz CT molecular complexity index is 2800. The van der Waals surface area contributed by atoms with E-state index in [-0.39, 0.29) is 30.7 Å². The van der Waals surface area contributed by atoms with Crippen LogP contribution in [0.4, 0.5) is 5.69 Å². The second-order valence-corrected chi connectivity index (χ2v) is 22.1. The van der Waals surface area contributed by atoms with E-state index in [1.807, 2.05) is 11.0 Å². The molecule has 5 amide bonds. The van der Waals surface area contributed by atoms with Crippen molar-refractivity contribution in [2.75, 3.05) is 104 Å². The number of nitrogens with one attached hydrogen (secondary N) is 1. The van der Waals surface area contributed by atoms with Crippen LogP contribution >= 0.6 is 0 Å². The first-order valence-electron chi connectivity index (χ1n) is 26.4. The third-order valence-electron chi connectivity index (χ3n) is 14.4. The number of rotatable bonds is 26. The molecule has 76 heavy (non-hydrogen) atoms. The number of carbonyl (C=O) groups excluding carboxylic acids is 5. The van der Waals surface area contributed by atoms with Crippen molar-refractivity contribution in [2.45, 2.75) is 93.9 Å². The predicted octanol–water partition coefficient (Wildman–Crippen LogP) is 3.85. The second-order valence-electron chi connectivity index (χ2n) is 19.6. The van der Waals surface area contributed by atoms with Gasteiger partial charge in [-0.2, -0.15) is 0 Å². The third kappa shape index (κ3) is 14.0. The van der Waals surface area contributed by atoms with Crippen molar-refractivity contribution in [1.29, 1.82) is 0 Å². The molecular formula is C55H70N8O12S. The molecule has 3 aromatic carbocycles. The highest BCUT2D eigenvalue weighted by Crippen LogP contribution is 2.32.